The summed E-state index contributed by atoms with van der Waals surface area (Å²) in [6.45, 7) is 2.14. The molecule has 0 saturated carbocycles. The van der Waals surface area contributed by atoms with Crippen LogP contribution in [-0.4, -0.2) is 17.8 Å². The van der Waals surface area contributed by atoms with Gasteiger partial charge in [-0.25, -0.2) is 0 Å². The fourth-order valence-corrected chi connectivity index (χ4v) is 1.61. The van der Waals surface area contributed by atoms with E-state index in [2.05, 4.69) is 13.2 Å². The minimum atomic E-state index is 0.491. The quantitative estimate of drug-likeness (QED) is 0.538. The molecule has 2 atom stereocenters. The second-order valence-corrected chi connectivity index (χ2v) is 3.19. The number of hydrogen-bond acceptors (Lipinski definition) is 2. The zero-order valence-electron chi connectivity index (χ0n) is 5.39. The van der Waals surface area contributed by atoms with Crippen LogP contribution in [0.1, 0.15) is 19.8 Å². The Bertz CT molecular complexity index is 74.9. The highest BCUT2D eigenvalue weighted by Gasteiger charge is 2.19. The van der Waals surface area contributed by atoms with E-state index < -0.39 is 0 Å². The van der Waals surface area contributed by atoms with Crippen LogP contribution in [-0.2, 0) is 4.74 Å². The molecule has 8 heavy (non-hydrogen) atoms. The summed E-state index contributed by atoms with van der Waals surface area (Å²) < 4.78 is 5.47. The van der Waals surface area contributed by atoms with Gasteiger partial charge in [-0.05, 0) is 26.0 Å². The molecule has 0 aromatic rings. The number of hydrogen-bond donors (Lipinski definition) is 0. The molecule has 48 valence electrons. The van der Waals surface area contributed by atoms with Crippen molar-refractivity contribution in [1.82, 2.24) is 0 Å². The maximum absolute atomic E-state index is 5.47. The van der Waals surface area contributed by atoms with Gasteiger partial charge in [0.15, 0.2) is 0 Å². The van der Waals surface area contributed by atoms with Crippen molar-refractivity contribution in [3.8, 4) is 0 Å². The summed E-state index contributed by atoms with van der Waals surface area (Å²) in [4.78, 5) is 0. The monoisotopic (exact) mass is 132 g/mol. The second-order valence-electron chi connectivity index (χ2n) is 2.19. The summed E-state index contributed by atoms with van der Waals surface area (Å²) in [7, 11) is 0. The summed E-state index contributed by atoms with van der Waals surface area (Å²) in [6.07, 6.45) is 5.09. The molecule has 0 bridgehead atoms. The third-order valence-corrected chi connectivity index (χ3v) is 2.33. The van der Waals surface area contributed by atoms with Crippen molar-refractivity contribution in [2.24, 2.45) is 0 Å². The lowest BCUT2D eigenvalue weighted by molar-refractivity contribution is 0.106. The van der Waals surface area contributed by atoms with E-state index in [0.29, 0.717) is 11.5 Å². The predicted molar refractivity (Wildman–Crippen MR) is 37.1 cm³/mol. The van der Waals surface area contributed by atoms with Gasteiger partial charge in [-0.1, -0.05) is 0 Å². The van der Waals surface area contributed by atoms with Crippen molar-refractivity contribution in [1.29, 1.82) is 0 Å². The fourth-order valence-electron chi connectivity index (χ4n) is 0.939. The highest BCUT2D eigenvalue weighted by molar-refractivity contribution is 7.99. The van der Waals surface area contributed by atoms with Crippen LogP contribution in [0.2, 0.25) is 0 Å². The van der Waals surface area contributed by atoms with Gasteiger partial charge in [-0.2, -0.15) is 0 Å². The minimum absolute atomic E-state index is 0.491. The lowest BCUT2D eigenvalue weighted by Crippen LogP contribution is -2.02. The number of rotatable bonds is 1. The summed E-state index contributed by atoms with van der Waals surface area (Å²) in [6, 6.07) is 0. The first-order chi connectivity index (χ1) is 3.83. The Labute approximate surface area is 54.8 Å². The van der Waals surface area contributed by atoms with Crippen molar-refractivity contribution in [3.63, 3.8) is 0 Å². The molecule has 1 heterocycles. The van der Waals surface area contributed by atoms with Gasteiger partial charge in [-0.15, -0.1) is 11.8 Å². The zero-order valence-corrected chi connectivity index (χ0v) is 6.20. The first kappa shape index (κ1) is 6.43. The third kappa shape index (κ3) is 1.39. The minimum Gasteiger partial charge on any atom is -0.365 e. The van der Waals surface area contributed by atoms with E-state index in [1.165, 1.54) is 12.8 Å². The van der Waals surface area contributed by atoms with Crippen molar-refractivity contribution < 1.29 is 4.74 Å². The van der Waals surface area contributed by atoms with Crippen LogP contribution in [0.15, 0.2) is 0 Å². The van der Waals surface area contributed by atoms with E-state index in [-0.39, 0.29) is 0 Å². The molecular formula is C6H12OS. The Morgan fingerprint density at radius 3 is 2.50 bits per heavy atom. The van der Waals surface area contributed by atoms with Crippen LogP contribution in [0.25, 0.3) is 0 Å². The highest BCUT2D eigenvalue weighted by atomic mass is 32.2. The third-order valence-electron chi connectivity index (χ3n) is 1.46. The normalized spacial score (nSPS) is 38.2. The molecule has 1 aliphatic heterocycles. The van der Waals surface area contributed by atoms with Gasteiger partial charge in [0.05, 0.1) is 6.10 Å². The van der Waals surface area contributed by atoms with Crippen LogP contribution in [0.3, 0.4) is 0 Å². The Kier molecular flexibility index (Phi) is 2.20. The predicted octanol–water partition coefficient (Wildman–Crippen LogP) is 1.87. The first-order valence-corrected chi connectivity index (χ1v) is 4.30. The highest BCUT2D eigenvalue weighted by Crippen LogP contribution is 2.25. The molecule has 0 spiro atoms. The summed E-state index contributed by atoms with van der Waals surface area (Å²) in [5, 5.41) is 0. The summed E-state index contributed by atoms with van der Waals surface area (Å²) in [5.74, 6) is 0. The van der Waals surface area contributed by atoms with E-state index in [1.807, 2.05) is 11.8 Å². The molecule has 1 rings (SSSR count). The van der Waals surface area contributed by atoms with Crippen molar-refractivity contribution in [2.75, 3.05) is 6.26 Å². The van der Waals surface area contributed by atoms with Gasteiger partial charge in [0.2, 0.25) is 0 Å². The molecule has 1 fully saturated rings. The molecule has 1 nitrogen and oxygen atoms in total. The molecule has 1 aliphatic rings. The molecule has 0 unspecified atom stereocenters. The molecule has 0 amide bonds. The van der Waals surface area contributed by atoms with Crippen LogP contribution < -0.4 is 0 Å². The maximum Gasteiger partial charge on any atom is 0.103 e. The Hall–Kier alpha value is 0.310. The smallest absolute Gasteiger partial charge is 0.103 e. The standard InChI is InChI=1S/C6H12OS/c1-5-3-4-6(7-5)8-2/h5-6H,3-4H2,1-2H3/t5-,6+/m1/s1. The van der Waals surface area contributed by atoms with E-state index in [4.69, 9.17) is 4.74 Å². The lowest BCUT2D eigenvalue weighted by Gasteiger charge is -2.05. The van der Waals surface area contributed by atoms with Gasteiger partial charge in [0.25, 0.3) is 0 Å². The van der Waals surface area contributed by atoms with Crippen LogP contribution in [0.5, 0.6) is 0 Å². The zero-order chi connectivity index (χ0) is 5.98. The van der Waals surface area contributed by atoms with Crippen LogP contribution in [0, 0.1) is 0 Å². The van der Waals surface area contributed by atoms with Gasteiger partial charge >= 0.3 is 0 Å². The number of ether oxygens (including phenoxy) is 1. The first-order valence-electron chi connectivity index (χ1n) is 3.01. The Balaban J connectivity index is 2.22. The average Bonchev–Trinajstić information content (AvgIpc) is 2.14. The molecule has 0 aromatic heterocycles. The van der Waals surface area contributed by atoms with Gasteiger partial charge < -0.3 is 4.74 Å². The molecule has 0 aliphatic carbocycles. The lowest BCUT2D eigenvalue weighted by atomic mass is 10.3. The topological polar surface area (TPSA) is 9.23 Å². The van der Waals surface area contributed by atoms with Crippen molar-refractivity contribution in [2.45, 2.75) is 31.3 Å². The average molecular weight is 132 g/mol. The van der Waals surface area contributed by atoms with Crippen LogP contribution in [0.4, 0.5) is 0 Å². The van der Waals surface area contributed by atoms with E-state index in [9.17, 15) is 0 Å². The van der Waals surface area contributed by atoms with E-state index >= 15 is 0 Å². The van der Waals surface area contributed by atoms with Gasteiger partial charge in [0.1, 0.15) is 5.44 Å². The van der Waals surface area contributed by atoms with Crippen LogP contribution >= 0.6 is 11.8 Å². The van der Waals surface area contributed by atoms with Crippen molar-refractivity contribution >= 4 is 11.8 Å². The second kappa shape index (κ2) is 2.74. The summed E-state index contributed by atoms with van der Waals surface area (Å²) in [5.41, 5.74) is 0.491. The van der Waals surface area contributed by atoms with Gasteiger partial charge in [-0.3, -0.25) is 0 Å². The van der Waals surface area contributed by atoms with Gasteiger partial charge in [0, 0.05) is 0 Å². The Morgan fingerprint density at radius 2 is 2.25 bits per heavy atom. The molecule has 0 N–H and O–H groups in total. The van der Waals surface area contributed by atoms with Crippen molar-refractivity contribution in [3.05, 3.63) is 0 Å². The molecule has 0 radical (unpaired) electrons. The van der Waals surface area contributed by atoms with E-state index in [1.54, 1.807) is 0 Å². The molecule has 1 saturated heterocycles. The largest absolute Gasteiger partial charge is 0.365 e. The molecule has 0 aromatic carbocycles. The van der Waals surface area contributed by atoms with E-state index in [0.717, 1.165) is 0 Å². The SMILES string of the molecule is CS[C@H]1CC[C@@H](C)O1. The molecular weight excluding hydrogens is 120 g/mol. The number of thioether (sulfide) groups is 1. The molecule has 2 heteroatoms. The fraction of sp³-hybridized carbons (Fsp3) is 1.00. The maximum atomic E-state index is 5.47. The summed E-state index contributed by atoms with van der Waals surface area (Å²) >= 11 is 1.81. The Morgan fingerprint density at radius 1 is 1.50 bits per heavy atom.